The second-order valence-corrected chi connectivity index (χ2v) is 7.21. The van der Waals surface area contributed by atoms with Crippen molar-refractivity contribution in [3.63, 3.8) is 0 Å². The molecule has 2 nitrogen and oxygen atoms in total. The van der Waals surface area contributed by atoms with Crippen LogP contribution in [0.1, 0.15) is 5.56 Å². The molecule has 0 saturated carbocycles. The molecule has 1 atom stereocenters. The van der Waals surface area contributed by atoms with Gasteiger partial charge < -0.3 is 0 Å². The molecule has 0 N–H and O–H groups in total. The Morgan fingerprint density at radius 3 is 2.40 bits per heavy atom. The highest BCUT2D eigenvalue weighted by atomic mass is 32.2. The largest absolute Gasteiger partial charge is 0.244 e. The molecule has 1 aliphatic heterocycles. The van der Waals surface area contributed by atoms with Crippen LogP contribution in [0, 0.1) is 0 Å². The van der Waals surface area contributed by atoms with Crippen LogP contribution >= 0.6 is 0 Å². The molecular formula is C17H13NOS. The van der Waals surface area contributed by atoms with Crippen molar-refractivity contribution < 1.29 is 4.21 Å². The van der Waals surface area contributed by atoms with Crippen LogP contribution in [0.4, 0.5) is 5.69 Å². The maximum absolute atomic E-state index is 13.2. The molecule has 0 aliphatic carbocycles. The van der Waals surface area contributed by atoms with E-state index in [2.05, 4.69) is 22.6 Å². The molecule has 0 saturated heterocycles. The minimum absolute atomic E-state index is 0.491. The molecule has 0 amide bonds. The van der Waals surface area contributed by atoms with Gasteiger partial charge in [-0.15, -0.1) is 0 Å². The molecule has 0 spiro atoms. The van der Waals surface area contributed by atoms with Gasteiger partial charge in [-0.05, 0) is 29.1 Å². The average Bonchev–Trinajstić information content (AvgIpc) is 2.48. The highest BCUT2D eigenvalue weighted by molar-refractivity contribution is 7.93. The summed E-state index contributed by atoms with van der Waals surface area (Å²) in [5, 5.41) is 2.31. The van der Waals surface area contributed by atoms with Crippen molar-refractivity contribution >= 4 is 26.2 Å². The molecule has 0 radical (unpaired) electrons. The molecule has 1 aliphatic rings. The molecule has 3 aromatic rings. The van der Waals surface area contributed by atoms with E-state index in [9.17, 15) is 4.21 Å². The summed E-state index contributed by atoms with van der Waals surface area (Å²) in [5.74, 6) is 0.491. The van der Waals surface area contributed by atoms with Gasteiger partial charge in [0.05, 0.1) is 21.2 Å². The van der Waals surface area contributed by atoms with Gasteiger partial charge in [-0.25, -0.2) is 4.21 Å². The van der Waals surface area contributed by atoms with Gasteiger partial charge in [0.15, 0.2) is 0 Å². The van der Waals surface area contributed by atoms with Gasteiger partial charge in [-0.2, -0.15) is 4.36 Å². The van der Waals surface area contributed by atoms with Crippen LogP contribution in [0.25, 0.3) is 10.8 Å². The van der Waals surface area contributed by atoms with Crippen LogP contribution in [0.2, 0.25) is 0 Å². The fourth-order valence-electron chi connectivity index (χ4n) is 2.76. The summed E-state index contributed by atoms with van der Waals surface area (Å²) in [5.41, 5.74) is 1.97. The van der Waals surface area contributed by atoms with Gasteiger partial charge in [0.25, 0.3) is 0 Å². The second-order valence-electron chi connectivity index (χ2n) is 4.98. The Morgan fingerprint density at radius 2 is 1.60 bits per heavy atom. The summed E-state index contributed by atoms with van der Waals surface area (Å²) in [4.78, 5) is 0.812. The average molecular weight is 279 g/mol. The molecule has 4 rings (SSSR count). The van der Waals surface area contributed by atoms with Crippen molar-refractivity contribution in [1.82, 2.24) is 0 Å². The summed E-state index contributed by atoms with van der Waals surface area (Å²) in [6, 6.07) is 21.7. The van der Waals surface area contributed by atoms with E-state index in [0.29, 0.717) is 5.75 Å². The van der Waals surface area contributed by atoms with Crippen LogP contribution in [-0.2, 0) is 15.5 Å². The van der Waals surface area contributed by atoms with E-state index in [1.165, 1.54) is 5.39 Å². The van der Waals surface area contributed by atoms with Crippen LogP contribution in [-0.4, -0.2) is 4.21 Å². The van der Waals surface area contributed by atoms with E-state index in [-0.39, 0.29) is 0 Å². The standard InChI is InChI=1S/C17H13NOS/c19-20(15-9-2-1-3-10-15)12-14-8-4-6-13-7-5-11-16(18-20)17(13)14/h1-11H,12H2. The van der Waals surface area contributed by atoms with Crippen LogP contribution < -0.4 is 0 Å². The lowest BCUT2D eigenvalue weighted by Crippen LogP contribution is -2.08. The summed E-state index contributed by atoms with van der Waals surface area (Å²) in [6.07, 6.45) is 0. The molecule has 1 heterocycles. The lowest BCUT2D eigenvalue weighted by Gasteiger charge is -2.18. The molecule has 3 heteroatoms. The van der Waals surface area contributed by atoms with Crippen molar-refractivity contribution in [2.75, 3.05) is 0 Å². The van der Waals surface area contributed by atoms with E-state index >= 15 is 0 Å². The first-order valence-electron chi connectivity index (χ1n) is 6.57. The Kier molecular flexibility index (Phi) is 2.44. The van der Waals surface area contributed by atoms with Crippen molar-refractivity contribution in [3.8, 4) is 0 Å². The SMILES string of the molecule is O=S1(c2ccccc2)=Nc2cccc3cccc(c23)C1. The van der Waals surface area contributed by atoms with Crippen LogP contribution in [0.3, 0.4) is 0 Å². The molecule has 0 bridgehead atoms. The van der Waals surface area contributed by atoms with E-state index in [1.54, 1.807) is 0 Å². The van der Waals surface area contributed by atoms with Gasteiger partial charge in [-0.1, -0.05) is 48.5 Å². The molecule has 0 fully saturated rings. The van der Waals surface area contributed by atoms with Gasteiger partial charge >= 0.3 is 0 Å². The van der Waals surface area contributed by atoms with Crippen LogP contribution in [0.5, 0.6) is 0 Å². The monoisotopic (exact) mass is 279 g/mol. The first kappa shape index (κ1) is 11.7. The first-order valence-corrected chi connectivity index (χ1v) is 8.25. The van der Waals surface area contributed by atoms with Crippen molar-refractivity contribution in [3.05, 3.63) is 72.3 Å². The maximum atomic E-state index is 13.2. The Morgan fingerprint density at radius 1 is 0.850 bits per heavy atom. The zero-order chi connectivity index (χ0) is 13.6. The third kappa shape index (κ3) is 1.67. The van der Waals surface area contributed by atoms with Gasteiger partial charge in [-0.3, -0.25) is 0 Å². The van der Waals surface area contributed by atoms with E-state index < -0.39 is 9.73 Å². The first-order chi connectivity index (χ1) is 9.76. The van der Waals surface area contributed by atoms with Crippen LogP contribution in [0.15, 0.2) is 76.0 Å². The quantitative estimate of drug-likeness (QED) is 0.644. The minimum atomic E-state index is -2.40. The van der Waals surface area contributed by atoms with E-state index in [4.69, 9.17) is 0 Å². The molecule has 3 aromatic carbocycles. The highest BCUT2D eigenvalue weighted by Crippen LogP contribution is 2.37. The molecule has 0 aromatic heterocycles. The Hall–Kier alpha value is -2.13. The van der Waals surface area contributed by atoms with E-state index in [1.807, 2.05) is 48.5 Å². The summed E-state index contributed by atoms with van der Waals surface area (Å²) < 4.78 is 17.8. The lowest BCUT2D eigenvalue weighted by molar-refractivity contribution is 0.676. The maximum Gasteiger partial charge on any atom is 0.0843 e. The van der Waals surface area contributed by atoms with Gasteiger partial charge in [0.2, 0.25) is 0 Å². The highest BCUT2D eigenvalue weighted by Gasteiger charge is 2.21. The summed E-state index contributed by atoms with van der Waals surface area (Å²) >= 11 is 0. The Bertz CT molecular complexity index is 917. The zero-order valence-electron chi connectivity index (χ0n) is 10.8. The predicted octanol–water partition coefficient (Wildman–Crippen LogP) is 4.51. The zero-order valence-corrected chi connectivity index (χ0v) is 11.6. The summed E-state index contributed by atoms with van der Waals surface area (Å²) in [6.45, 7) is 0. The predicted molar refractivity (Wildman–Crippen MR) is 82.6 cm³/mol. The molecular weight excluding hydrogens is 266 g/mol. The number of rotatable bonds is 1. The molecule has 1 unspecified atom stereocenters. The number of nitrogens with zero attached hydrogens (tertiary/aromatic N) is 1. The Labute approximate surface area is 118 Å². The fraction of sp³-hybridized carbons (Fsp3) is 0.0588. The number of benzene rings is 3. The molecule has 98 valence electrons. The number of hydrogen-bond donors (Lipinski definition) is 0. The smallest absolute Gasteiger partial charge is 0.0843 e. The van der Waals surface area contributed by atoms with E-state index in [0.717, 1.165) is 21.5 Å². The Balaban J connectivity index is 2.06. The topological polar surface area (TPSA) is 29.4 Å². The normalized spacial score (nSPS) is 20.6. The van der Waals surface area contributed by atoms with Crippen molar-refractivity contribution in [1.29, 1.82) is 0 Å². The third-order valence-electron chi connectivity index (χ3n) is 3.68. The second kappa shape index (κ2) is 4.18. The van der Waals surface area contributed by atoms with Crippen molar-refractivity contribution in [2.24, 2.45) is 4.36 Å². The van der Waals surface area contributed by atoms with Gasteiger partial charge in [0, 0.05) is 10.3 Å². The fourth-order valence-corrected chi connectivity index (χ4v) is 4.82. The number of hydrogen-bond acceptors (Lipinski definition) is 2. The minimum Gasteiger partial charge on any atom is -0.244 e. The molecule has 20 heavy (non-hydrogen) atoms. The van der Waals surface area contributed by atoms with Gasteiger partial charge in [0.1, 0.15) is 0 Å². The summed E-state index contributed by atoms with van der Waals surface area (Å²) in [7, 11) is -2.40. The lowest BCUT2D eigenvalue weighted by atomic mass is 10.0. The van der Waals surface area contributed by atoms with Crippen molar-refractivity contribution in [2.45, 2.75) is 10.6 Å². The third-order valence-corrected chi connectivity index (χ3v) is 5.88.